The van der Waals surface area contributed by atoms with Crippen LogP contribution in [0.4, 0.5) is 5.95 Å². The number of phenolic OH excluding ortho intramolecular Hbond substituents is 1. The van der Waals surface area contributed by atoms with E-state index in [1.807, 2.05) is 0 Å². The Kier molecular flexibility index (Phi) is 5.96. The van der Waals surface area contributed by atoms with Crippen molar-refractivity contribution in [3.63, 3.8) is 0 Å². The molecule has 134 valence electrons. The van der Waals surface area contributed by atoms with Gasteiger partial charge in [0.2, 0.25) is 11.7 Å². The molecule has 0 atom stereocenters. The Morgan fingerprint density at radius 3 is 2.48 bits per heavy atom. The zero-order valence-electron chi connectivity index (χ0n) is 14.2. The molecule has 4 N–H and O–H groups in total. The number of nitrogens with zero attached hydrogens (tertiary/aromatic N) is 2. The second-order valence-corrected chi connectivity index (χ2v) is 5.10. The number of aromatic hydroxyl groups is 1. The van der Waals surface area contributed by atoms with E-state index in [1.54, 1.807) is 19.1 Å². The highest BCUT2D eigenvalue weighted by Gasteiger charge is 2.10. The summed E-state index contributed by atoms with van der Waals surface area (Å²) in [7, 11) is 2.86. The van der Waals surface area contributed by atoms with Gasteiger partial charge in [0.1, 0.15) is 0 Å². The summed E-state index contributed by atoms with van der Waals surface area (Å²) in [6.07, 6.45) is 1.70. The normalized spacial score (nSPS) is 10.9. The fourth-order valence-electron chi connectivity index (χ4n) is 2.23. The van der Waals surface area contributed by atoms with Gasteiger partial charge in [-0.25, -0.2) is 10.4 Å². The van der Waals surface area contributed by atoms with Crippen molar-refractivity contribution >= 4 is 12.2 Å². The molecule has 1 heterocycles. The second-order valence-electron chi connectivity index (χ2n) is 5.10. The van der Waals surface area contributed by atoms with Gasteiger partial charge in [-0.05, 0) is 19.1 Å². The Bertz CT molecular complexity index is 807. The lowest BCUT2D eigenvalue weighted by Gasteiger charge is -2.09. The van der Waals surface area contributed by atoms with Crippen LogP contribution in [0.2, 0.25) is 0 Å². The summed E-state index contributed by atoms with van der Waals surface area (Å²) in [5, 5.41) is 22.8. The Morgan fingerprint density at radius 1 is 1.32 bits per heavy atom. The number of hydrazone groups is 1. The summed E-state index contributed by atoms with van der Waals surface area (Å²) in [5.41, 5.74) is 3.86. The van der Waals surface area contributed by atoms with Gasteiger partial charge < -0.3 is 19.7 Å². The highest BCUT2D eigenvalue weighted by Crippen LogP contribution is 2.36. The van der Waals surface area contributed by atoms with Gasteiger partial charge in [0.25, 0.3) is 5.56 Å². The maximum atomic E-state index is 11.9. The molecule has 0 aliphatic carbocycles. The minimum atomic E-state index is -0.327. The fourth-order valence-corrected chi connectivity index (χ4v) is 2.23. The molecule has 0 aliphatic rings. The molecule has 0 fully saturated rings. The van der Waals surface area contributed by atoms with Gasteiger partial charge >= 0.3 is 0 Å². The summed E-state index contributed by atoms with van der Waals surface area (Å²) in [4.78, 5) is 18.7. The first-order valence-electron chi connectivity index (χ1n) is 7.44. The number of phenols is 1. The van der Waals surface area contributed by atoms with Gasteiger partial charge in [-0.1, -0.05) is 0 Å². The number of aromatic nitrogens is 2. The highest BCUT2D eigenvalue weighted by molar-refractivity contribution is 5.82. The Hall–Kier alpha value is -3.07. The molecule has 0 bridgehead atoms. The number of hydrogen-bond acceptors (Lipinski definition) is 8. The van der Waals surface area contributed by atoms with E-state index >= 15 is 0 Å². The SMILES string of the molecule is COc1cc(/C=N\Nc2nc(C)c(CCO)c(=O)[nH]2)cc(OC)c1O. The monoisotopic (exact) mass is 348 g/mol. The van der Waals surface area contributed by atoms with Crippen LogP contribution in [0.3, 0.4) is 0 Å². The third kappa shape index (κ3) is 4.27. The first-order valence-corrected chi connectivity index (χ1v) is 7.44. The maximum Gasteiger partial charge on any atom is 0.255 e. The van der Waals surface area contributed by atoms with Crippen molar-refractivity contribution < 1.29 is 19.7 Å². The van der Waals surface area contributed by atoms with Gasteiger partial charge in [-0.2, -0.15) is 5.10 Å². The number of H-pyrrole nitrogens is 1. The predicted octanol–water partition coefficient (Wildman–Crippen LogP) is 0.782. The third-order valence-electron chi connectivity index (χ3n) is 3.47. The van der Waals surface area contributed by atoms with Gasteiger partial charge in [0, 0.05) is 24.2 Å². The Morgan fingerprint density at radius 2 is 1.96 bits per heavy atom. The van der Waals surface area contributed by atoms with Crippen molar-refractivity contribution in [2.45, 2.75) is 13.3 Å². The number of rotatable bonds is 7. The highest BCUT2D eigenvalue weighted by atomic mass is 16.5. The number of methoxy groups -OCH3 is 2. The summed E-state index contributed by atoms with van der Waals surface area (Å²) < 4.78 is 10.1. The Labute approximate surface area is 144 Å². The average Bonchev–Trinajstić information content (AvgIpc) is 2.59. The number of aliphatic hydroxyl groups excluding tert-OH is 1. The molecule has 0 saturated heterocycles. The predicted molar refractivity (Wildman–Crippen MR) is 92.8 cm³/mol. The van der Waals surface area contributed by atoms with Crippen LogP contribution in [-0.2, 0) is 6.42 Å². The van der Waals surface area contributed by atoms with E-state index in [4.69, 9.17) is 14.6 Å². The van der Waals surface area contributed by atoms with Crippen molar-refractivity contribution in [2.24, 2.45) is 5.10 Å². The molecule has 1 aromatic heterocycles. The van der Waals surface area contributed by atoms with Crippen LogP contribution in [0.25, 0.3) is 0 Å². The van der Waals surface area contributed by atoms with Crippen LogP contribution >= 0.6 is 0 Å². The van der Waals surface area contributed by atoms with Gasteiger partial charge in [-0.3, -0.25) is 9.78 Å². The van der Waals surface area contributed by atoms with Gasteiger partial charge in [-0.15, -0.1) is 0 Å². The quantitative estimate of drug-likeness (QED) is 0.430. The van der Waals surface area contributed by atoms with Crippen LogP contribution in [0.15, 0.2) is 22.0 Å². The molecule has 0 saturated carbocycles. The summed E-state index contributed by atoms with van der Waals surface area (Å²) in [5.74, 6) is 0.572. The lowest BCUT2D eigenvalue weighted by molar-refractivity contribution is 0.298. The number of nitrogens with one attached hydrogen (secondary N) is 2. The van der Waals surface area contributed by atoms with Crippen LogP contribution in [0.5, 0.6) is 17.2 Å². The van der Waals surface area contributed by atoms with E-state index in [2.05, 4.69) is 20.5 Å². The van der Waals surface area contributed by atoms with Crippen LogP contribution in [0, 0.1) is 6.92 Å². The van der Waals surface area contributed by atoms with Crippen LogP contribution < -0.4 is 20.5 Å². The van der Waals surface area contributed by atoms with Gasteiger partial charge in [0.15, 0.2) is 11.5 Å². The summed E-state index contributed by atoms with van der Waals surface area (Å²) >= 11 is 0. The zero-order valence-corrected chi connectivity index (χ0v) is 14.2. The summed E-state index contributed by atoms with van der Waals surface area (Å²) in [6, 6.07) is 3.16. The van der Waals surface area contributed by atoms with Crippen molar-refractivity contribution in [2.75, 3.05) is 26.3 Å². The molecule has 9 heteroatoms. The topological polar surface area (TPSA) is 129 Å². The fraction of sp³-hybridized carbons (Fsp3) is 0.312. The molecule has 0 aliphatic heterocycles. The third-order valence-corrected chi connectivity index (χ3v) is 3.47. The van der Waals surface area contributed by atoms with E-state index in [0.29, 0.717) is 16.8 Å². The molecular formula is C16H20N4O5. The lowest BCUT2D eigenvalue weighted by atomic mass is 10.2. The second kappa shape index (κ2) is 8.15. The number of anilines is 1. The largest absolute Gasteiger partial charge is 0.502 e. The summed E-state index contributed by atoms with van der Waals surface area (Å²) in [6.45, 7) is 1.56. The molecule has 9 nitrogen and oxygen atoms in total. The molecule has 0 spiro atoms. The Balaban J connectivity index is 2.20. The van der Waals surface area contributed by atoms with E-state index in [1.165, 1.54) is 20.4 Å². The van der Waals surface area contributed by atoms with Crippen molar-refractivity contribution in [3.8, 4) is 17.2 Å². The molecule has 0 amide bonds. The number of hydrogen-bond donors (Lipinski definition) is 4. The molecule has 2 rings (SSSR count). The number of ether oxygens (including phenoxy) is 2. The first-order chi connectivity index (χ1) is 12.0. The van der Waals surface area contributed by atoms with E-state index in [9.17, 15) is 9.90 Å². The van der Waals surface area contributed by atoms with E-state index < -0.39 is 0 Å². The first kappa shape index (κ1) is 18.3. The zero-order chi connectivity index (χ0) is 18.4. The number of aromatic amines is 1. The van der Waals surface area contributed by atoms with Crippen molar-refractivity contribution in [1.29, 1.82) is 0 Å². The molecule has 0 radical (unpaired) electrons. The number of aryl methyl sites for hydroxylation is 1. The maximum absolute atomic E-state index is 11.9. The smallest absolute Gasteiger partial charge is 0.255 e. The standard InChI is InChI=1S/C16H20N4O5/c1-9-11(4-5-21)15(23)19-16(18-9)20-17-8-10-6-12(24-2)14(22)13(7-10)25-3/h6-8,21-22H,4-5H2,1-3H3,(H2,18,19,20,23)/b17-8-. The average molecular weight is 348 g/mol. The molecule has 1 aromatic carbocycles. The number of aliphatic hydroxyl groups is 1. The van der Waals surface area contributed by atoms with E-state index in [-0.39, 0.29) is 41.8 Å². The molecule has 2 aromatic rings. The van der Waals surface area contributed by atoms with Crippen molar-refractivity contribution in [3.05, 3.63) is 39.3 Å². The minimum absolute atomic E-state index is 0.101. The molecule has 25 heavy (non-hydrogen) atoms. The number of benzene rings is 1. The van der Waals surface area contributed by atoms with Gasteiger partial charge in [0.05, 0.1) is 26.1 Å². The minimum Gasteiger partial charge on any atom is -0.502 e. The van der Waals surface area contributed by atoms with Crippen LogP contribution in [-0.4, -0.2) is 47.2 Å². The molecular weight excluding hydrogens is 328 g/mol. The van der Waals surface area contributed by atoms with E-state index in [0.717, 1.165) is 0 Å². The molecule has 0 unspecified atom stereocenters. The van der Waals surface area contributed by atoms with Crippen LogP contribution in [0.1, 0.15) is 16.8 Å². The lowest BCUT2D eigenvalue weighted by Crippen LogP contribution is -2.19. The van der Waals surface area contributed by atoms with Crippen molar-refractivity contribution in [1.82, 2.24) is 9.97 Å².